The van der Waals surface area contributed by atoms with Crippen molar-refractivity contribution in [3.8, 4) is 11.4 Å². The quantitative estimate of drug-likeness (QED) is 0.805. The van der Waals surface area contributed by atoms with E-state index in [0.717, 1.165) is 17.1 Å². The summed E-state index contributed by atoms with van der Waals surface area (Å²) in [6, 6.07) is 9.05. The summed E-state index contributed by atoms with van der Waals surface area (Å²) in [5, 5.41) is 2.72. The van der Waals surface area contributed by atoms with E-state index >= 15 is 0 Å². The molecule has 1 aromatic carbocycles. The third-order valence-electron chi connectivity index (χ3n) is 2.25. The second-order valence-corrected chi connectivity index (χ2v) is 3.30. The van der Waals surface area contributed by atoms with Gasteiger partial charge in [0.05, 0.1) is 12.8 Å². The Morgan fingerprint density at radius 2 is 1.93 bits per heavy atom. The molecule has 1 N–H and O–H groups in total. The number of benzene rings is 1. The van der Waals surface area contributed by atoms with Gasteiger partial charge in [-0.25, -0.2) is 0 Å². The van der Waals surface area contributed by atoms with Crippen LogP contribution in [0.5, 0.6) is 5.75 Å². The van der Waals surface area contributed by atoms with Gasteiger partial charge < -0.3 is 4.74 Å². The predicted molar refractivity (Wildman–Crippen MR) is 57.7 cm³/mol. The third kappa shape index (κ3) is 1.79. The molecule has 0 fully saturated rings. The molecule has 0 amide bonds. The van der Waals surface area contributed by atoms with E-state index in [2.05, 4.69) is 5.10 Å². The highest BCUT2D eigenvalue weighted by Crippen LogP contribution is 2.14. The Morgan fingerprint density at radius 3 is 2.40 bits per heavy atom. The number of hydrogen-bond acceptors (Lipinski definition) is 2. The maximum Gasteiger partial charge on any atom is 0.264 e. The molecule has 15 heavy (non-hydrogen) atoms. The highest BCUT2D eigenvalue weighted by Gasteiger charge is 2.01. The molecule has 0 aliphatic rings. The van der Waals surface area contributed by atoms with Gasteiger partial charge in [0.25, 0.3) is 5.56 Å². The lowest BCUT2D eigenvalue weighted by atomic mass is 10.3. The summed E-state index contributed by atoms with van der Waals surface area (Å²) in [5.74, 6) is 0.797. The van der Waals surface area contributed by atoms with Crippen molar-refractivity contribution >= 4 is 0 Å². The number of aromatic amines is 1. The molecule has 4 nitrogen and oxygen atoms in total. The van der Waals surface area contributed by atoms with Crippen LogP contribution in [0, 0.1) is 6.92 Å². The number of methoxy groups -OCH3 is 1. The van der Waals surface area contributed by atoms with Crippen LogP contribution in [-0.4, -0.2) is 16.9 Å². The predicted octanol–water partition coefficient (Wildman–Crippen LogP) is 1.48. The number of aromatic nitrogens is 2. The highest BCUT2D eigenvalue weighted by atomic mass is 16.5. The summed E-state index contributed by atoms with van der Waals surface area (Å²) in [7, 11) is 1.62. The van der Waals surface area contributed by atoms with E-state index in [4.69, 9.17) is 4.74 Å². The number of nitrogens with zero attached hydrogens (tertiary/aromatic N) is 1. The first-order valence-corrected chi connectivity index (χ1v) is 4.64. The zero-order valence-electron chi connectivity index (χ0n) is 8.65. The second-order valence-electron chi connectivity index (χ2n) is 3.30. The van der Waals surface area contributed by atoms with Crippen molar-refractivity contribution in [1.29, 1.82) is 0 Å². The van der Waals surface area contributed by atoms with Gasteiger partial charge in [-0.3, -0.25) is 14.6 Å². The minimum absolute atomic E-state index is 0.0941. The molecule has 2 aromatic rings. The molecule has 1 aromatic heterocycles. The lowest BCUT2D eigenvalue weighted by molar-refractivity contribution is 0.414. The van der Waals surface area contributed by atoms with Gasteiger partial charge in [0.1, 0.15) is 5.75 Å². The van der Waals surface area contributed by atoms with Crippen LogP contribution >= 0.6 is 0 Å². The van der Waals surface area contributed by atoms with Crippen LogP contribution in [-0.2, 0) is 0 Å². The molecule has 0 spiro atoms. The largest absolute Gasteiger partial charge is 0.497 e. The van der Waals surface area contributed by atoms with E-state index in [0.29, 0.717) is 0 Å². The zero-order chi connectivity index (χ0) is 10.8. The van der Waals surface area contributed by atoms with Crippen molar-refractivity contribution in [1.82, 2.24) is 9.78 Å². The van der Waals surface area contributed by atoms with Crippen LogP contribution in [0.25, 0.3) is 5.69 Å². The summed E-state index contributed by atoms with van der Waals surface area (Å²) < 4.78 is 6.80. The van der Waals surface area contributed by atoms with Crippen molar-refractivity contribution in [2.45, 2.75) is 6.92 Å². The molecular weight excluding hydrogens is 192 g/mol. The van der Waals surface area contributed by atoms with Gasteiger partial charge in [-0.2, -0.15) is 0 Å². The molecular formula is C11H12N2O2. The van der Waals surface area contributed by atoms with Crippen molar-refractivity contribution in [3.63, 3.8) is 0 Å². The smallest absolute Gasteiger partial charge is 0.264 e. The molecule has 78 valence electrons. The number of H-pyrrole nitrogens is 1. The summed E-state index contributed by atoms with van der Waals surface area (Å²) in [5.41, 5.74) is 1.70. The molecule has 0 atom stereocenters. The molecule has 0 aliphatic heterocycles. The first-order valence-electron chi connectivity index (χ1n) is 4.64. The maximum atomic E-state index is 11.1. The SMILES string of the molecule is COc1ccc(-n2[nH]c(=O)cc2C)cc1. The molecule has 0 aliphatic carbocycles. The van der Waals surface area contributed by atoms with Crippen molar-refractivity contribution in [2.75, 3.05) is 7.11 Å². The van der Waals surface area contributed by atoms with Crippen molar-refractivity contribution < 1.29 is 4.74 Å². The third-order valence-corrected chi connectivity index (χ3v) is 2.25. The van der Waals surface area contributed by atoms with Crippen molar-refractivity contribution in [3.05, 3.63) is 46.4 Å². The molecule has 0 unspecified atom stereocenters. The van der Waals surface area contributed by atoms with E-state index in [1.54, 1.807) is 17.9 Å². The summed E-state index contributed by atoms with van der Waals surface area (Å²) in [4.78, 5) is 11.1. The Bertz CT molecular complexity index is 508. The van der Waals surface area contributed by atoms with Gasteiger partial charge in [-0.1, -0.05) is 0 Å². The van der Waals surface area contributed by atoms with Gasteiger partial charge >= 0.3 is 0 Å². The number of aryl methyl sites for hydroxylation is 1. The Hall–Kier alpha value is -1.97. The normalized spacial score (nSPS) is 10.3. The van der Waals surface area contributed by atoms with E-state index in [1.165, 1.54) is 0 Å². The van der Waals surface area contributed by atoms with Crippen molar-refractivity contribution in [2.24, 2.45) is 0 Å². The first-order chi connectivity index (χ1) is 7.20. The Morgan fingerprint density at radius 1 is 1.27 bits per heavy atom. The Labute approximate surface area is 87.1 Å². The first kappa shape index (κ1) is 9.58. The molecule has 0 bridgehead atoms. The number of hydrogen-bond donors (Lipinski definition) is 1. The van der Waals surface area contributed by atoms with Crippen LogP contribution in [0.1, 0.15) is 5.69 Å². The van der Waals surface area contributed by atoms with Crippen LogP contribution in [0.15, 0.2) is 35.1 Å². The minimum Gasteiger partial charge on any atom is -0.497 e. The summed E-state index contributed by atoms with van der Waals surface area (Å²) >= 11 is 0. The Balaban J connectivity index is 2.45. The van der Waals surface area contributed by atoms with Crippen LogP contribution in [0.2, 0.25) is 0 Å². The van der Waals surface area contributed by atoms with Gasteiger partial charge in [-0.15, -0.1) is 0 Å². The average molecular weight is 204 g/mol. The maximum absolute atomic E-state index is 11.1. The van der Waals surface area contributed by atoms with Gasteiger partial charge in [0.15, 0.2) is 0 Å². The number of ether oxygens (including phenoxy) is 1. The van der Waals surface area contributed by atoms with E-state index < -0.39 is 0 Å². The summed E-state index contributed by atoms with van der Waals surface area (Å²) in [6.07, 6.45) is 0. The van der Waals surface area contributed by atoms with E-state index in [9.17, 15) is 4.79 Å². The number of nitrogens with one attached hydrogen (secondary N) is 1. The fourth-order valence-corrected chi connectivity index (χ4v) is 1.48. The van der Waals surface area contributed by atoms with E-state index in [1.807, 2.05) is 31.2 Å². The second kappa shape index (κ2) is 3.65. The zero-order valence-corrected chi connectivity index (χ0v) is 8.65. The molecule has 4 heteroatoms. The summed E-state index contributed by atoms with van der Waals surface area (Å²) in [6.45, 7) is 1.88. The molecule has 1 heterocycles. The Kier molecular flexibility index (Phi) is 2.33. The standard InChI is InChI=1S/C11H12N2O2/c1-8-7-11(14)12-13(8)9-3-5-10(15-2)6-4-9/h3-7H,1-2H3,(H,12,14). The van der Waals surface area contributed by atoms with Gasteiger partial charge in [-0.05, 0) is 31.2 Å². The fraction of sp³-hybridized carbons (Fsp3) is 0.182. The van der Waals surface area contributed by atoms with Crippen LogP contribution < -0.4 is 10.3 Å². The molecule has 2 rings (SSSR count). The lowest BCUT2D eigenvalue weighted by Crippen LogP contribution is -2.04. The monoisotopic (exact) mass is 204 g/mol. The average Bonchev–Trinajstić information content (AvgIpc) is 2.58. The van der Waals surface area contributed by atoms with E-state index in [-0.39, 0.29) is 5.56 Å². The van der Waals surface area contributed by atoms with Crippen LogP contribution in [0.4, 0.5) is 0 Å². The number of rotatable bonds is 2. The molecule has 0 radical (unpaired) electrons. The van der Waals surface area contributed by atoms with Gasteiger partial charge in [0.2, 0.25) is 0 Å². The lowest BCUT2D eigenvalue weighted by Gasteiger charge is -2.06. The highest BCUT2D eigenvalue weighted by molar-refractivity contribution is 5.37. The molecule has 0 saturated carbocycles. The fourth-order valence-electron chi connectivity index (χ4n) is 1.48. The minimum atomic E-state index is -0.0941. The van der Waals surface area contributed by atoms with Gasteiger partial charge in [0, 0.05) is 11.8 Å². The topological polar surface area (TPSA) is 47.0 Å². The van der Waals surface area contributed by atoms with Crippen LogP contribution in [0.3, 0.4) is 0 Å². The molecule has 0 saturated heterocycles.